The molecule has 2 aromatic rings. The third kappa shape index (κ3) is 3.09. The standard InChI is InChI=1S/C20H26N4O2/c1-13-20(14-8-10-24(13)11-9-14)21-19-7-5-17(22-23-19)16-12-15(25-2)4-6-18(16)26-3/h4-7,12-14,20H,8-11H2,1-3H3,(H,21,23)/t13-,20+/m1/s1. The number of rotatable bonds is 5. The second-order valence-corrected chi connectivity index (χ2v) is 7.15. The molecule has 0 spiro atoms. The molecule has 0 amide bonds. The maximum absolute atomic E-state index is 5.45. The van der Waals surface area contributed by atoms with Gasteiger partial charge in [0.1, 0.15) is 17.3 Å². The third-order valence-corrected chi connectivity index (χ3v) is 5.84. The number of hydrogen-bond acceptors (Lipinski definition) is 6. The zero-order valence-electron chi connectivity index (χ0n) is 15.6. The fourth-order valence-corrected chi connectivity index (χ4v) is 4.28. The Hall–Kier alpha value is -2.34. The number of anilines is 1. The molecular formula is C20H26N4O2. The van der Waals surface area contributed by atoms with E-state index in [2.05, 4.69) is 27.3 Å². The largest absolute Gasteiger partial charge is 0.497 e. The van der Waals surface area contributed by atoms with E-state index in [4.69, 9.17) is 9.47 Å². The van der Waals surface area contributed by atoms with Gasteiger partial charge >= 0.3 is 0 Å². The summed E-state index contributed by atoms with van der Waals surface area (Å²) in [5, 5.41) is 12.5. The van der Waals surface area contributed by atoms with Crippen molar-refractivity contribution in [1.29, 1.82) is 0 Å². The molecule has 6 nitrogen and oxygen atoms in total. The van der Waals surface area contributed by atoms with Gasteiger partial charge in [-0.05, 0) is 69.1 Å². The highest BCUT2D eigenvalue weighted by Gasteiger charge is 2.39. The SMILES string of the molecule is COc1ccc(OC)c(-c2ccc(N[C@@H]3C4CCN(CC4)[C@@H]3C)nn2)c1. The minimum absolute atomic E-state index is 0.448. The van der Waals surface area contributed by atoms with Crippen molar-refractivity contribution in [2.24, 2.45) is 5.92 Å². The van der Waals surface area contributed by atoms with Crippen molar-refractivity contribution in [3.63, 3.8) is 0 Å². The summed E-state index contributed by atoms with van der Waals surface area (Å²) in [7, 11) is 3.31. The minimum atomic E-state index is 0.448. The molecule has 1 aromatic heterocycles. The second kappa shape index (κ2) is 7.11. The molecule has 3 aliphatic heterocycles. The number of hydrogen-bond donors (Lipinski definition) is 1. The number of ether oxygens (including phenoxy) is 2. The Kier molecular flexibility index (Phi) is 4.68. The molecular weight excluding hydrogens is 328 g/mol. The summed E-state index contributed by atoms with van der Waals surface area (Å²) < 4.78 is 10.8. The predicted molar refractivity (Wildman–Crippen MR) is 102 cm³/mol. The molecule has 0 unspecified atom stereocenters. The van der Waals surface area contributed by atoms with Crippen molar-refractivity contribution >= 4 is 5.82 Å². The quantitative estimate of drug-likeness (QED) is 0.891. The lowest BCUT2D eigenvalue weighted by Crippen LogP contribution is -2.59. The smallest absolute Gasteiger partial charge is 0.148 e. The van der Waals surface area contributed by atoms with Crippen LogP contribution in [0.1, 0.15) is 19.8 Å². The second-order valence-electron chi connectivity index (χ2n) is 7.15. The third-order valence-electron chi connectivity index (χ3n) is 5.84. The molecule has 2 bridgehead atoms. The Balaban J connectivity index is 1.54. The average Bonchev–Trinajstić information content (AvgIpc) is 2.71. The summed E-state index contributed by atoms with van der Waals surface area (Å²) >= 11 is 0. The van der Waals surface area contributed by atoms with Gasteiger partial charge in [-0.3, -0.25) is 4.90 Å². The van der Waals surface area contributed by atoms with Gasteiger partial charge in [0.15, 0.2) is 0 Å². The maximum Gasteiger partial charge on any atom is 0.148 e. The van der Waals surface area contributed by atoms with E-state index in [-0.39, 0.29) is 0 Å². The molecule has 0 radical (unpaired) electrons. The predicted octanol–water partition coefficient (Wildman–Crippen LogP) is 3.06. The summed E-state index contributed by atoms with van der Waals surface area (Å²) in [6, 6.07) is 10.7. The Morgan fingerprint density at radius 2 is 1.85 bits per heavy atom. The van der Waals surface area contributed by atoms with Gasteiger partial charge in [0.25, 0.3) is 0 Å². The lowest BCUT2D eigenvalue weighted by molar-refractivity contribution is 0.0457. The zero-order valence-corrected chi connectivity index (χ0v) is 15.6. The average molecular weight is 354 g/mol. The molecule has 138 valence electrons. The topological polar surface area (TPSA) is 59.5 Å². The molecule has 3 fully saturated rings. The van der Waals surface area contributed by atoms with E-state index in [9.17, 15) is 0 Å². The van der Waals surface area contributed by atoms with E-state index < -0.39 is 0 Å². The summed E-state index contributed by atoms with van der Waals surface area (Å²) in [6.07, 6.45) is 2.54. The zero-order chi connectivity index (χ0) is 18.1. The first-order chi connectivity index (χ1) is 12.7. The van der Waals surface area contributed by atoms with Crippen LogP contribution in [0.5, 0.6) is 11.5 Å². The van der Waals surface area contributed by atoms with Crippen LogP contribution in [0, 0.1) is 5.92 Å². The molecule has 1 N–H and O–H groups in total. The van der Waals surface area contributed by atoms with E-state index >= 15 is 0 Å². The van der Waals surface area contributed by atoms with Crippen molar-refractivity contribution in [2.45, 2.75) is 31.8 Å². The van der Waals surface area contributed by atoms with Gasteiger partial charge in [-0.2, -0.15) is 0 Å². The molecule has 4 heterocycles. The van der Waals surface area contributed by atoms with Crippen molar-refractivity contribution in [1.82, 2.24) is 15.1 Å². The molecule has 5 rings (SSSR count). The lowest BCUT2D eigenvalue weighted by atomic mass is 9.79. The first-order valence-electron chi connectivity index (χ1n) is 9.26. The van der Waals surface area contributed by atoms with Crippen LogP contribution in [0.15, 0.2) is 30.3 Å². The van der Waals surface area contributed by atoms with Gasteiger partial charge in [-0.15, -0.1) is 10.2 Å². The summed E-state index contributed by atoms with van der Waals surface area (Å²) in [5.41, 5.74) is 1.65. The van der Waals surface area contributed by atoms with Crippen LogP contribution in [0.3, 0.4) is 0 Å². The Labute approximate surface area is 154 Å². The van der Waals surface area contributed by atoms with Crippen LogP contribution in [-0.2, 0) is 0 Å². The van der Waals surface area contributed by atoms with Crippen LogP contribution in [0.4, 0.5) is 5.82 Å². The van der Waals surface area contributed by atoms with Crippen LogP contribution in [-0.4, -0.2) is 54.5 Å². The van der Waals surface area contributed by atoms with Crippen LogP contribution >= 0.6 is 0 Å². The van der Waals surface area contributed by atoms with Crippen LogP contribution in [0.2, 0.25) is 0 Å². The molecule has 2 atom stereocenters. The van der Waals surface area contributed by atoms with E-state index in [1.807, 2.05) is 30.3 Å². The maximum atomic E-state index is 5.45. The highest BCUT2D eigenvalue weighted by molar-refractivity contribution is 5.69. The first kappa shape index (κ1) is 17.1. The van der Waals surface area contributed by atoms with Crippen LogP contribution in [0.25, 0.3) is 11.3 Å². The number of methoxy groups -OCH3 is 2. The van der Waals surface area contributed by atoms with Gasteiger partial charge in [0, 0.05) is 17.6 Å². The first-order valence-corrected chi connectivity index (χ1v) is 9.26. The number of nitrogens with zero attached hydrogens (tertiary/aromatic N) is 3. The molecule has 1 aromatic carbocycles. The highest BCUT2D eigenvalue weighted by atomic mass is 16.5. The fourth-order valence-electron chi connectivity index (χ4n) is 4.28. The van der Waals surface area contributed by atoms with Gasteiger partial charge in [-0.25, -0.2) is 0 Å². The van der Waals surface area contributed by atoms with Gasteiger partial charge < -0.3 is 14.8 Å². The number of aromatic nitrogens is 2. The monoisotopic (exact) mass is 354 g/mol. The van der Waals surface area contributed by atoms with E-state index in [1.54, 1.807) is 14.2 Å². The van der Waals surface area contributed by atoms with Crippen molar-refractivity contribution in [3.8, 4) is 22.8 Å². The van der Waals surface area contributed by atoms with E-state index in [0.29, 0.717) is 12.1 Å². The molecule has 6 heteroatoms. The van der Waals surface area contributed by atoms with Gasteiger partial charge in [0.05, 0.1) is 19.9 Å². The normalized spacial score (nSPS) is 27.2. The summed E-state index contributed by atoms with van der Waals surface area (Å²) in [6.45, 7) is 4.76. The van der Waals surface area contributed by atoms with Crippen molar-refractivity contribution in [2.75, 3.05) is 32.6 Å². The van der Waals surface area contributed by atoms with Gasteiger partial charge in [-0.1, -0.05) is 0 Å². The molecule has 26 heavy (non-hydrogen) atoms. The summed E-state index contributed by atoms with van der Waals surface area (Å²) in [4.78, 5) is 2.57. The number of fused-ring (bicyclic) bond motifs is 3. The van der Waals surface area contributed by atoms with Crippen molar-refractivity contribution in [3.05, 3.63) is 30.3 Å². The Morgan fingerprint density at radius 1 is 1.04 bits per heavy atom. The van der Waals surface area contributed by atoms with E-state index in [1.165, 1.54) is 25.9 Å². The number of piperidine rings is 3. The molecule has 3 aliphatic rings. The number of nitrogens with one attached hydrogen (secondary N) is 1. The molecule has 3 saturated heterocycles. The van der Waals surface area contributed by atoms with E-state index in [0.717, 1.165) is 34.5 Å². The summed E-state index contributed by atoms with van der Waals surface area (Å²) in [5.74, 6) is 3.09. The Morgan fingerprint density at radius 3 is 2.46 bits per heavy atom. The minimum Gasteiger partial charge on any atom is -0.497 e. The fraction of sp³-hybridized carbons (Fsp3) is 0.500. The van der Waals surface area contributed by atoms with Crippen molar-refractivity contribution < 1.29 is 9.47 Å². The number of benzene rings is 1. The van der Waals surface area contributed by atoms with Crippen LogP contribution < -0.4 is 14.8 Å². The molecule has 0 aliphatic carbocycles. The Bertz CT molecular complexity index is 755. The molecule has 0 saturated carbocycles. The van der Waals surface area contributed by atoms with Gasteiger partial charge in [0.2, 0.25) is 0 Å². The highest BCUT2D eigenvalue weighted by Crippen LogP contribution is 2.35. The lowest BCUT2D eigenvalue weighted by Gasteiger charge is -2.50.